The second-order valence-electron chi connectivity index (χ2n) is 13.9. The van der Waals surface area contributed by atoms with E-state index in [0.717, 1.165) is 54.7 Å². The number of pyridine rings is 1. The Labute approximate surface area is 276 Å². The van der Waals surface area contributed by atoms with E-state index < -0.39 is 11.7 Å². The molecule has 3 aliphatic carbocycles. The molecule has 46 heavy (non-hydrogen) atoms. The first-order chi connectivity index (χ1) is 22.0. The van der Waals surface area contributed by atoms with E-state index in [-0.39, 0.29) is 29.0 Å². The quantitative estimate of drug-likeness (QED) is 0.185. The smallest absolute Gasteiger partial charge is 0.331 e. The topological polar surface area (TPSA) is 77.5 Å². The fourth-order valence-corrected chi connectivity index (χ4v) is 8.64. The van der Waals surface area contributed by atoms with Gasteiger partial charge in [0.2, 0.25) is 0 Å². The van der Waals surface area contributed by atoms with Gasteiger partial charge in [0, 0.05) is 28.0 Å². The van der Waals surface area contributed by atoms with Gasteiger partial charge in [-0.1, -0.05) is 43.6 Å². The number of nitrogens with one attached hydrogen (secondary N) is 1. The van der Waals surface area contributed by atoms with Crippen LogP contribution >= 0.6 is 11.6 Å². The van der Waals surface area contributed by atoms with Crippen molar-refractivity contribution >= 4 is 29.0 Å². The van der Waals surface area contributed by atoms with Crippen LogP contribution in [-0.4, -0.2) is 36.0 Å². The molecule has 1 heterocycles. The average molecular weight is 647 g/mol. The number of fused-ring (bicyclic) bond motifs is 3. The molecule has 3 aliphatic rings. The lowest BCUT2D eigenvalue weighted by molar-refractivity contribution is -0.148. The van der Waals surface area contributed by atoms with E-state index in [2.05, 4.69) is 36.3 Å². The number of rotatable bonds is 9. The predicted octanol–water partition coefficient (Wildman–Crippen LogP) is 8.96. The third-order valence-corrected chi connectivity index (χ3v) is 11.1. The van der Waals surface area contributed by atoms with Gasteiger partial charge >= 0.3 is 5.97 Å². The van der Waals surface area contributed by atoms with E-state index in [9.17, 15) is 14.0 Å². The Morgan fingerprint density at radius 2 is 1.89 bits per heavy atom. The first kappa shape index (κ1) is 32.5. The molecular weight excluding hydrogens is 603 g/mol. The van der Waals surface area contributed by atoms with Gasteiger partial charge < -0.3 is 14.8 Å². The Bertz CT molecular complexity index is 1620. The van der Waals surface area contributed by atoms with Crippen LogP contribution in [0.3, 0.4) is 0 Å². The van der Waals surface area contributed by atoms with E-state index in [4.69, 9.17) is 21.1 Å². The zero-order valence-electron chi connectivity index (χ0n) is 27.2. The van der Waals surface area contributed by atoms with Crippen LogP contribution in [0.4, 0.5) is 10.1 Å². The number of anilines is 1. The number of alkyl halides is 1. The van der Waals surface area contributed by atoms with E-state index in [0.29, 0.717) is 42.5 Å². The first-order valence-corrected chi connectivity index (χ1v) is 16.9. The predicted molar refractivity (Wildman–Crippen MR) is 179 cm³/mol. The number of methoxy groups -OCH3 is 1. The number of carbonyl (C=O) groups excluding carboxylic acids is 2. The minimum absolute atomic E-state index is 0.0518. The van der Waals surface area contributed by atoms with E-state index in [1.165, 1.54) is 18.2 Å². The minimum atomic E-state index is -1.04. The molecule has 6 nitrogen and oxygen atoms in total. The number of ether oxygens (including phenoxy) is 2. The molecule has 0 amide bonds. The Morgan fingerprint density at radius 1 is 1.11 bits per heavy atom. The minimum Gasteiger partial charge on any atom is -0.493 e. The summed E-state index contributed by atoms with van der Waals surface area (Å²) in [7, 11) is 1.44. The van der Waals surface area contributed by atoms with Crippen molar-refractivity contribution in [2.75, 3.05) is 19.0 Å². The Kier molecular flexibility index (Phi) is 9.17. The summed E-state index contributed by atoms with van der Waals surface area (Å²) in [4.78, 5) is 30.2. The highest BCUT2D eigenvalue weighted by atomic mass is 35.5. The number of carbonyl (C=O) groups is 2. The Hall–Kier alpha value is -3.45. The summed E-state index contributed by atoms with van der Waals surface area (Å²) >= 11 is 6.28. The zero-order chi connectivity index (χ0) is 32.6. The van der Waals surface area contributed by atoms with Crippen LogP contribution in [0, 0.1) is 11.8 Å². The highest BCUT2D eigenvalue weighted by molar-refractivity contribution is 6.30. The molecule has 8 heteroatoms. The first-order valence-electron chi connectivity index (χ1n) is 16.6. The van der Waals surface area contributed by atoms with Gasteiger partial charge in [-0.25, -0.2) is 9.18 Å². The molecule has 1 spiro atoms. The van der Waals surface area contributed by atoms with Gasteiger partial charge in [0.05, 0.1) is 19.4 Å². The maximum atomic E-state index is 14.7. The second-order valence-corrected chi connectivity index (χ2v) is 14.3. The van der Waals surface area contributed by atoms with Crippen molar-refractivity contribution in [3.05, 3.63) is 87.7 Å². The lowest BCUT2D eigenvalue weighted by atomic mass is 9.59. The lowest BCUT2D eigenvalue weighted by Crippen LogP contribution is -2.53. The number of hydrogen-bond acceptors (Lipinski definition) is 6. The molecule has 2 aromatic carbocycles. The van der Waals surface area contributed by atoms with Crippen LogP contribution in [0.1, 0.15) is 111 Å². The number of ketones is 1. The fourth-order valence-electron chi connectivity index (χ4n) is 8.45. The maximum absolute atomic E-state index is 14.7. The lowest BCUT2D eigenvalue weighted by Gasteiger charge is -2.48. The summed E-state index contributed by atoms with van der Waals surface area (Å²) in [6.45, 7) is 6.47. The normalized spacial score (nSPS) is 27.4. The molecule has 0 saturated heterocycles. The fraction of sp³-hybridized carbons (Fsp3) is 0.500. The third kappa shape index (κ3) is 6.03. The summed E-state index contributed by atoms with van der Waals surface area (Å²) in [5, 5.41) is 4.10. The molecule has 4 atom stereocenters. The number of esters is 1. The van der Waals surface area contributed by atoms with Crippen LogP contribution in [0.5, 0.6) is 5.75 Å². The molecule has 1 saturated carbocycles. The number of aromatic nitrogens is 1. The van der Waals surface area contributed by atoms with Gasteiger partial charge in [0.25, 0.3) is 0 Å². The number of benzene rings is 2. The van der Waals surface area contributed by atoms with Gasteiger partial charge in [-0.05, 0) is 123 Å². The zero-order valence-corrected chi connectivity index (χ0v) is 28.0. The van der Waals surface area contributed by atoms with Crippen molar-refractivity contribution in [3.63, 3.8) is 0 Å². The van der Waals surface area contributed by atoms with Crippen LogP contribution in [0.15, 0.2) is 54.7 Å². The van der Waals surface area contributed by atoms with Crippen LogP contribution < -0.4 is 10.1 Å². The summed E-state index contributed by atoms with van der Waals surface area (Å²) < 4.78 is 26.5. The van der Waals surface area contributed by atoms with Crippen LogP contribution in [-0.2, 0) is 21.4 Å². The van der Waals surface area contributed by atoms with Crippen LogP contribution in [0.2, 0.25) is 5.02 Å². The van der Waals surface area contributed by atoms with Crippen molar-refractivity contribution in [1.29, 1.82) is 0 Å². The Morgan fingerprint density at radius 3 is 2.61 bits per heavy atom. The highest BCUT2D eigenvalue weighted by Gasteiger charge is 2.54. The number of halogens is 2. The number of Topliss-reactive ketones (excluding diaryl/α,β-unsaturated/α-hetero) is 1. The largest absolute Gasteiger partial charge is 0.493 e. The van der Waals surface area contributed by atoms with Crippen molar-refractivity contribution < 1.29 is 23.5 Å². The van der Waals surface area contributed by atoms with E-state index in [1.807, 2.05) is 36.4 Å². The molecule has 1 N–H and O–H groups in total. The van der Waals surface area contributed by atoms with Gasteiger partial charge in [-0.3, -0.25) is 9.78 Å². The summed E-state index contributed by atoms with van der Waals surface area (Å²) in [6.07, 6.45) is 6.46. The molecule has 0 aliphatic heterocycles. The summed E-state index contributed by atoms with van der Waals surface area (Å²) in [5.41, 5.74) is 4.40. The number of hydrogen-bond donors (Lipinski definition) is 1. The summed E-state index contributed by atoms with van der Waals surface area (Å²) in [6, 6.07) is 15.5. The molecule has 1 aromatic heterocycles. The van der Waals surface area contributed by atoms with E-state index in [1.54, 1.807) is 13.1 Å². The summed E-state index contributed by atoms with van der Waals surface area (Å²) in [5.74, 6) is 1.27. The second kappa shape index (κ2) is 13.0. The molecule has 0 radical (unpaired) electrons. The average Bonchev–Trinajstić information content (AvgIpc) is 3.33. The van der Waals surface area contributed by atoms with Gasteiger partial charge in [-0.2, -0.15) is 0 Å². The van der Waals surface area contributed by atoms with Gasteiger partial charge in [-0.15, -0.1) is 0 Å². The van der Waals surface area contributed by atoms with Crippen molar-refractivity contribution in [1.82, 2.24) is 4.98 Å². The molecule has 1 fully saturated rings. The number of nitrogens with zero attached hydrogens (tertiary/aromatic N) is 1. The van der Waals surface area contributed by atoms with E-state index >= 15 is 0 Å². The molecular formula is C38H44ClFN2O4. The van der Waals surface area contributed by atoms with Crippen LogP contribution in [0.25, 0.3) is 0 Å². The molecule has 6 rings (SSSR count). The molecule has 0 bridgehead atoms. The SMILES string of the molecule is COC(=O)C1(Nc2cccc(Cl)c2)CCC2(CC1)c1cc(C(C)=O)ccc1CC2C[C@@H](C)COc1ccnc2c1[C@H](C)CC[C@H]2F. The van der Waals surface area contributed by atoms with Crippen molar-refractivity contribution in [3.8, 4) is 5.75 Å². The third-order valence-electron chi connectivity index (χ3n) is 10.9. The van der Waals surface area contributed by atoms with Crippen molar-refractivity contribution in [2.24, 2.45) is 11.8 Å². The maximum Gasteiger partial charge on any atom is 0.331 e. The molecule has 3 aromatic rings. The van der Waals surface area contributed by atoms with Gasteiger partial charge in [0.1, 0.15) is 17.5 Å². The highest BCUT2D eigenvalue weighted by Crippen LogP contribution is 2.56. The Balaban J connectivity index is 1.25. The van der Waals surface area contributed by atoms with Crippen molar-refractivity contribution in [2.45, 2.75) is 95.2 Å². The standard InChI is InChI=1S/C38H44ClFN2O4/c1-23(22-46-33-12-17-41-35-32(40)11-8-24(2)34(33)35)18-28-19-27-10-9-26(25(3)43)20-31(27)37(28)13-15-38(16-14-37,36(44)45-4)42-30-7-5-6-29(39)21-30/h5-7,9-10,12,17,20-21,23-24,28,32,42H,8,11,13-16,18-19,22H2,1-4H3/t23-,24-,28?,32-,37?,38?/m1/s1. The van der Waals surface area contributed by atoms with Gasteiger partial charge in [0.15, 0.2) is 5.78 Å². The molecule has 244 valence electrons. The monoisotopic (exact) mass is 646 g/mol. The molecule has 1 unspecified atom stereocenters.